The van der Waals surface area contributed by atoms with Gasteiger partial charge in [0.05, 0.1) is 0 Å². The van der Waals surface area contributed by atoms with E-state index in [1.165, 1.54) is 11.1 Å². The number of hydrogen-bond donors (Lipinski definition) is 1. The van der Waals surface area contributed by atoms with Crippen LogP contribution >= 0.6 is 0 Å². The number of aryl methyl sites for hydroxylation is 2. The van der Waals surface area contributed by atoms with Gasteiger partial charge in [-0.3, -0.25) is 9.59 Å². The van der Waals surface area contributed by atoms with Crippen LogP contribution in [0.1, 0.15) is 35.5 Å². The Labute approximate surface area is 142 Å². The summed E-state index contributed by atoms with van der Waals surface area (Å²) in [6.07, 6.45) is 0. The fraction of sp³-hybridized carbons (Fsp3) is 0.474. The van der Waals surface area contributed by atoms with Gasteiger partial charge in [0.15, 0.2) is 0 Å². The molecule has 1 saturated heterocycles. The molecule has 0 aliphatic carbocycles. The number of rotatable bonds is 2. The van der Waals surface area contributed by atoms with Gasteiger partial charge < -0.3 is 14.8 Å². The van der Waals surface area contributed by atoms with Crippen molar-refractivity contribution in [2.24, 2.45) is 5.92 Å². The monoisotopic (exact) mass is 327 g/mol. The maximum Gasteiger partial charge on any atom is 0.270 e. The summed E-state index contributed by atoms with van der Waals surface area (Å²) in [5.74, 6) is 0.186. The summed E-state index contributed by atoms with van der Waals surface area (Å²) >= 11 is 0. The molecule has 1 aliphatic heterocycles. The number of aromatic nitrogens is 1. The minimum Gasteiger partial charge on any atom is -0.351 e. The fourth-order valence-electron chi connectivity index (χ4n) is 3.38. The second kappa shape index (κ2) is 6.30. The maximum absolute atomic E-state index is 12.8. The zero-order chi connectivity index (χ0) is 17.4. The van der Waals surface area contributed by atoms with Gasteiger partial charge in [0, 0.05) is 43.0 Å². The third-order valence-electron chi connectivity index (χ3n) is 4.69. The van der Waals surface area contributed by atoms with Crippen molar-refractivity contribution in [2.75, 3.05) is 26.2 Å². The molecule has 5 nitrogen and oxygen atoms in total. The van der Waals surface area contributed by atoms with E-state index in [1.54, 1.807) is 0 Å². The largest absolute Gasteiger partial charge is 0.351 e. The molecule has 0 bridgehead atoms. The maximum atomic E-state index is 12.8. The van der Waals surface area contributed by atoms with Crippen LogP contribution in [-0.2, 0) is 4.79 Å². The normalized spacial score (nSPS) is 15.4. The second-order valence-electron chi connectivity index (χ2n) is 7.00. The van der Waals surface area contributed by atoms with Crippen LogP contribution in [0.15, 0.2) is 18.2 Å². The molecule has 1 aliphatic rings. The van der Waals surface area contributed by atoms with Gasteiger partial charge in [-0.2, -0.15) is 0 Å². The van der Waals surface area contributed by atoms with Crippen molar-refractivity contribution < 1.29 is 9.59 Å². The van der Waals surface area contributed by atoms with E-state index in [-0.39, 0.29) is 17.7 Å². The Morgan fingerprint density at radius 2 is 1.62 bits per heavy atom. The van der Waals surface area contributed by atoms with Crippen LogP contribution in [0.4, 0.5) is 0 Å². The quantitative estimate of drug-likeness (QED) is 0.922. The highest BCUT2D eigenvalue weighted by Crippen LogP contribution is 2.22. The number of H-pyrrole nitrogens is 1. The molecule has 1 aromatic heterocycles. The van der Waals surface area contributed by atoms with Crippen LogP contribution in [-0.4, -0.2) is 52.8 Å². The smallest absolute Gasteiger partial charge is 0.270 e. The Balaban J connectivity index is 1.74. The molecule has 0 saturated carbocycles. The summed E-state index contributed by atoms with van der Waals surface area (Å²) < 4.78 is 0. The molecule has 0 spiro atoms. The average Bonchev–Trinajstić information content (AvgIpc) is 2.97. The van der Waals surface area contributed by atoms with Crippen molar-refractivity contribution in [3.05, 3.63) is 35.0 Å². The Morgan fingerprint density at radius 3 is 2.25 bits per heavy atom. The van der Waals surface area contributed by atoms with Gasteiger partial charge in [0.2, 0.25) is 5.91 Å². The van der Waals surface area contributed by atoms with Crippen molar-refractivity contribution in [2.45, 2.75) is 27.7 Å². The first kappa shape index (κ1) is 16.6. The third-order valence-corrected chi connectivity index (χ3v) is 4.69. The molecule has 0 radical (unpaired) electrons. The van der Waals surface area contributed by atoms with E-state index < -0.39 is 0 Å². The van der Waals surface area contributed by atoms with E-state index in [2.05, 4.69) is 31.0 Å². The van der Waals surface area contributed by atoms with Gasteiger partial charge in [-0.05, 0) is 37.1 Å². The Morgan fingerprint density at radius 1 is 1.00 bits per heavy atom. The lowest BCUT2D eigenvalue weighted by Crippen LogP contribution is -2.51. The number of nitrogens with zero attached hydrogens (tertiary/aromatic N) is 2. The Kier molecular flexibility index (Phi) is 4.35. The van der Waals surface area contributed by atoms with Crippen molar-refractivity contribution >= 4 is 22.7 Å². The molecular weight excluding hydrogens is 302 g/mol. The molecule has 2 amide bonds. The number of hydrogen-bond acceptors (Lipinski definition) is 2. The van der Waals surface area contributed by atoms with E-state index in [9.17, 15) is 9.59 Å². The number of fused-ring (bicyclic) bond motifs is 1. The third kappa shape index (κ3) is 3.03. The van der Waals surface area contributed by atoms with Crippen LogP contribution in [0.2, 0.25) is 0 Å². The van der Waals surface area contributed by atoms with Crippen LogP contribution in [0.25, 0.3) is 10.9 Å². The zero-order valence-corrected chi connectivity index (χ0v) is 14.8. The summed E-state index contributed by atoms with van der Waals surface area (Å²) in [4.78, 5) is 31.8. The van der Waals surface area contributed by atoms with Crippen LogP contribution in [0.5, 0.6) is 0 Å². The van der Waals surface area contributed by atoms with Gasteiger partial charge in [-0.1, -0.05) is 19.9 Å². The number of nitrogens with one attached hydrogen (secondary N) is 1. The summed E-state index contributed by atoms with van der Waals surface area (Å²) in [5.41, 5.74) is 3.99. The molecular formula is C19H25N3O2. The van der Waals surface area contributed by atoms with E-state index in [4.69, 9.17) is 0 Å². The lowest BCUT2D eigenvalue weighted by Gasteiger charge is -2.35. The van der Waals surface area contributed by atoms with E-state index >= 15 is 0 Å². The standard InChI is InChI=1S/C19H25N3O2/c1-12(2)18(23)21-5-7-22(8-6-21)19(24)17-11-15-14(4)9-13(3)10-16(15)20-17/h9-12,20H,5-8H2,1-4H3. The van der Waals surface area contributed by atoms with E-state index in [0.717, 1.165) is 10.9 Å². The van der Waals surface area contributed by atoms with Gasteiger partial charge >= 0.3 is 0 Å². The van der Waals surface area contributed by atoms with Gasteiger partial charge in [-0.15, -0.1) is 0 Å². The van der Waals surface area contributed by atoms with Gasteiger partial charge in [-0.25, -0.2) is 0 Å². The van der Waals surface area contributed by atoms with Gasteiger partial charge in [0.1, 0.15) is 5.69 Å². The van der Waals surface area contributed by atoms with Crippen molar-refractivity contribution in [1.29, 1.82) is 0 Å². The lowest BCUT2D eigenvalue weighted by molar-refractivity contribution is -0.135. The number of piperazine rings is 1. The summed E-state index contributed by atoms with van der Waals surface area (Å²) in [6, 6.07) is 6.14. The first-order chi connectivity index (χ1) is 11.4. The van der Waals surface area contributed by atoms with Gasteiger partial charge in [0.25, 0.3) is 5.91 Å². The van der Waals surface area contributed by atoms with E-state index in [0.29, 0.717) is 31.9 Å². The Bertz CT molecular complexity index is 783. The number of carbonyl (C=O) groups is 2. The molecule has 1 aromatic carbocycles. The molecule has 24 heavy (non-hydrogen) atoms. The lowest BCUT2D eigenvalue weighted by atomic mass is 10.1. The van der Waals surface area contributed by atoms with Crippen molar-refractivity contribution in [3.63, 3.8) is 0 Å². The molecule has 1 fully saturated rings. The summed E-state index contributed by atoms with van der Waals surface area (Å²) in [6.45, 7) is 10.3. The predicted molar refractivity (Wildman–Crippen MR) is 95.1 cm³/mol. The molecule has 2 heterocycles. The summed E-state index contributed by atoms with van der Waals surface area (Å²) in [5, 5.41) is 1.09. The van der Waals surface area contributed by atoms with Crippen LogP contribution < -0.4 is 0 Å². The molecule has 1 N–H and O–H groups in total. The number of amides is 2. The molecule has 0 atom stereocenters. The molecule has 2 aromatic rings. The molecule has 5 heteroatoms. The highest BCUT2D eigenvalue weighted by atomic mass is 16.2. The minimum absolute atomic E-state index is 0.00664. The van der Waals surface area contributed by atoms with Crippen LogP contribution in [0.3, 0.4) is 0 Å². The first-order valence-corrected chi connectivity index (χ1v) is 8.55. The number of carbonyl (C=O) groups excluding carboxylic acids is 2. The predicted octanol–water partition coefficient (Wildman–Crippen LogP) is 2.73. The highest BCUT2D eigenvalue weighted by Gasteiger charge is 2.26. The van der Waals surface area contributed by atoms with Crippen LogP contribution in [0, 0.1) is 19.8 Å². The number of aromatic amines is 1. The van der Waals surface area contributed by atoms with Crippen molar-refractivity contribution in [1.82, 2.24) is 14.8 Å². The SMILES string of the molecule is Cc1cc(C)c2cc(C(=O)N3CCN(C(=O)C(C)C)CC3)[nH]c2c1. The minimum atomic E-state index is 0.00664. The molecule has 3 rings (SSSR count). The Hall–Kier alpha value is -2.30. The number of benzene rings is 1. The van der Waals surface area contributed by atoms with Crippen molar-refractivity contribution in [3.8, 4) is 0 Å². The highest BCUT2D eigenvalue weighted by molar-refractivity contribution is 5.99. The van der Waals surface area contributed by atoms with E-state index in [1.807, 2.05) is 29.7 Å². The summed E-state index contributed by atoms with van der Waals surface area (Å²) in [7, 11) is 0. The average molecular weight is 327 g/mol. The fourth-order valence-corrected chi connectivity index (χ4v) is 3.38. The first-order valence-electron chi connectivity index (χ1n) is 8.55. The second-order valence-corrected chi connectivity index (χ2v) is 7.00. The molecule has 0 unspecified atom stereocenters. The zero-order valence-electron chi connectivity index (χ0n) is 14.8. The molecule has 128 valence electrons. The topological polar surface area (TPSA) is 56.4 Å².